The normalized spacial score (nSPS) is 12.2. The number of ether oxygens (including phenoxy) is 1. The summed E-state index contributed by atoms with van der Waals surface area (Å²) in [6, 6.07) is 26.7. The largest absolute Gasteiger partial charge is 0.494 e. The zero-order chi connectivity index (χ0) is 26.6. The lowest BCUT2D eigenvalue weighted by atomic mass is 9.99. The van der Waals surface area contributed by atoms with E-state index in [9.17, 15) is 4.79 Å². The lowest BCUT2D eigenvalue weighted by Gasteiger charge is -2.12. The van der Waals surface area contributed by atoms with Crippen LogP contribution in [-0.2, 0) is 17.8 Å². The highest BCUT2D eigenvalue weighted by Crippen LogP contribution is 2.22. The van der Waals surface area contributed by atoms with Gasteiger partial charge < -0.3 is 14.6 Å². The van der Waals surface area contributed by atoms with Crippen LogP contribution in [0.15, 0.2) is 84.9 Å². The van der Waals surface area contributed by atoms with Gasteiger partial charge in [-0.2, -0.15) is 0 Å². The van der Waals surface area contributed by atoms with Crippen LogP contribution in [0.4, 0.5) is 0 Å². The minimum atomic E-state index is -0.0723. The third kappa shape index (κ3) is 7.82. The van der Waals surface area contributed by atoms with E-state index in [1.165, 1.54) is 11.1 Å². The number of hydrogen-bond donors (Lipinski definition) is 1. The Balaban J connectivity index is 1.24. The average molecular weight is 510 g/mol. The number of benzene rings is 3. The fourth-order valence-electron chi connectivity index (χ4n) is 4.51. The molecule has 0 fully saturated rings. The predicted octanol–water partition coefficient (Wildman–Crippen LogP) is 7.17. The van der Waals surface area contributed by atoms with Crippen LogP contribution >= 0.6 is 0 Å². The second-order valence-electron chi connectivity index (χ2n) is 9.74. The third-order valence-corrected chi connectivity index (χ3v) is 6.94. The van der Waals surface area contributed by atoms with Gasteiger partial charge in [-0.3, -0.25) is 4.79 Å². The number of aryl methyl sites for hydroxylation is 2. The number of rotatable bonds is 14. The molecule has 0 saturated carbocycles. The van der Waals surface area contributed by atoms with Gasteiger partial charge in [0.1, 0.15) is 11.6 Å². The van der Waals surface area contributed by atoms with Crippen LogP contribution in [0.5, 0.6) is 5.75 Å². The minimum Gasteiger partial charge on any atom is -0.494 e. The fourth-order valence-corrected chi connectivity index (χ4v) is 4.51. The predicted molar refractivity (Wildman–Crippen MR) is 156 cm³/mol. The van der Waals surface area contributed by atoms with Crippen molar-refractivity contribution in [2.24, 2.45) is 0 Å². The molecule has 0 bridgehead atoms. The van der Waals surface area contributed by atoms with E-state index >= 15 is 0 Å². The molecular weight excluding hydrogens is 470 g/mol. The van der Waals surface area contributed by atoms with Gasteiger partial charge in [0.2, 0.25) is 5.91 Å². The van der Waals surface area contributed by atoms with E-state index in [1.54, 1.807) is 6.08 Å². The zero-order valence-corrected chi connectivity index (χ0v) is 22.6. The van der Waals surface area contributed by atoms with Crippen molar-refractivity contribution in [3.8, 4) is 5.75 Å². The number of amides is 1. The molecule has 1 aromatic heterocycles. The Kier molecular flexibility index (Phi) is 10.1. The summed E-state index contributed by atoms with van der Waals surface area (Å²) in [4.78, 5) is 17.1. The summed E-state index contributed by atoms with van der Waals surface area (Å²) in [6.07, 6.45) is 8.21. The number of imidazole rings is 1. The number of carbonyl (C=O) groups is 1. The van der Waals surface area contributed by atoms with Crippen LogP contribution in [0, 0.1) is 0 Å². The molecule has 198 valence electrons. The molecule has 38 heavy (non-hydrogen) atoms. The molecule has 3 aromatic carbocycles. The molecule has 1 amide bonds. The maximum absolute atomic E-state index is 12.2. The smallest absolute Gasteiger partial charge is 0.243 e. The van der Waals surface area contributed by atoms with Crippen LogP contribution < -0.4 is 10.1 Å². The Labute approximate surface area is 226 Å². The summed E-state index contributed by atoms with van der Waals surface area (Å²) < 4.78 is 8.32. The number of aromatic nitrogens is 2. The van der Waals surface area contributed by atoms with E-state index in [2.05, 4.69) is 66.2 Å². The van der Waals surface area contributed by atoms with Gasteiger partial charge in [-0.05, 0) is 73.1 Å². The first-order valence-electron chi connectivity index (χ1n) is 13.8. The summed E-state index contributed by atoms with van der Waals surface area (Å²) in [5.74, 6) is 2.51. The molecular formula is C33H39N3O2. The quantitative estimate of drug-likeness (QED) is 0.145. The molecule has 0 aliphatic heterocycles. The Morgan fingerprint density at radius 3 is 2.53 bits per heavy atom. The second-order valence-corrected chi connectivity index (χ2v) is 9.74. The van der Waals surface area contributed by atoms with Crippen LogP contribution in [0.25, 0.3) is 17.1 Å². The van der Waals surface area contributed by atoms with Gasteiger partial charge in [0, 0.05) is 25.6 Å². The molecule has 0 radical (unpaired) electrons. The highest BCUT2D eigenvalue weighted by Gasteiger charge is 2.10. The van der Waals surface area contributed by atoms with Gasteiger partial charge in [0.15, 0.2) is 0 Å². The van der Waals surface area contributed by atoms with Crippen molar-refractivity contribution in [1.82, 2.24) is 14.9 Å². The van der Waals surface area contributed by atoms with Crippen molar-refractivity contribution < 1.29 is 9.53 Å². The SMILES string of the molecule is CCC(C)c1ccc(OCCCCn2c(CCCNC(=O)/C=C\c3ccccc3)nc3ccccc32)cc1. The van der Waals surface area contributed by atoms with Gasteiger partial charge in [0.25, 0.3) is 0 Å². The molecule has 5 nitrogen and oxygen atoms in total. The number of hydrogen-bond acceptors (Lipinski definition) is 3. The van der Waals surface area contributed by atoms with Gasteiger partial charge in [0.05, 0.1) is 17.6 Å². The van der Waals surface area contributed by atoms with E-state index in [4.69, 9.17) is 9.72 Å². The summed E-state index contributed by atoms with van der Waals surface area (Å²) >= 11 is 0. The van der Waals surface area contributed by atoms with Crippen LogP contribution in [0.2, 0.25) is 0 Å². The maximum atomic E-state index is 12.2. The van der Waals surface area contributed by atoms with Crippen molar-refractivity contribution in [2.75, 3.05) is 13.2 Å². The Morgan fingerprint density at radius 2 is 1.74 bits per heavy atom. The highest BCUT2D eigenvalue weighted by atomic mass is 16.5. The van der Waals surface area contributed by atoms with E-state index in [0.29, 0.717) is 19.1 Å². The second kappa shape index (κ2) is 14.2. The summed E-state index contributed by atoms with van der Waals surface area (Å²) in [6.45, 7) is 6.69. The van der Waals surface area contributed by atoms with Crippen molar-refractivity contribution in [1.29, 1.82) is 0 Å². The van der Waals surface area contributed by atoms with E-state index in [0.717, 1.165) is 61.3 Å². The van der Waals surface area contributed by atoms with Gasteiger partial charge >= 0.3 is 0 Å². The molecule has 1 heterocycles. The number of unbranched alkanes of at least 4 members (excludes halogenated alkanes) is 1. The maximum Gasteiger partial charge on any atom is 0.243 e. The molecule has 0 saturated heterocycles. The number of carbonyl (C=O) groups excluding carboxylic acids is 1. The van der Waals surface area contributed by atoms with Crippen LogP contribution in [0.3, 0.4) is 0 Å². The number of para-hydroxylation sites is 2. The molecule has 0 aliphatic carbocycles. The molecule has 0 spiro atoms. The van der Waals surface area contributed by atoms with E-state index in [1.807, 2.05) is 42.5 Å². The number of fused-ring (bicyclic) bond motifs is 1. The fraction of sp³-hybridized carbons (Fsp3) is 0.333. The standard InChI is InChI=1S/C33H39N3O2/c1-3-26(2)28-18-20-29(21-19-28)38-25-10-9-24-36-31-15-8-7-14-30(31)35-32(36)16-11-23-34-33(37)22-17-27-12-5-4-6-13-27/h4-8,12-15,17-22,26H,3,9-11,16,23-25H2,1-2H3,(H,34,37)/b22-17-. The Bertz CT molecular complexity index is 1310. The molecule has 5 heteroatoms. The monoisotopic (exact) mass is 509 g/mol. The van der Waals surface area contributed by atoms with Crippen LogP contribution in [-0.4, -0.2) is 28.6 Å². The van der Waals surface area contributed by atoms with Crippen molar-refractivity contribution >= 4 is 23.0 Å². The number of nitrogens with one attached hydrogen (secondary N) is 1. The first-order valence-corrected chi connectivity index (χ1v) is 13.8. The van der Waals surface area contributed by atoms with Crippen molar-refractivity contribution in [3.05, 3.63) is 102 Å². The van der Waals surface area contributed by atoms with Gasteiger partial charge in [-0.25, -0.2) is 4.98 Å². The average Bonchev–Trinajstić information content (AvgIpc) is 3.31. The molecule has 0 aliphatic rings. The zero-order valence-electron chi connectivity index (χ0n) is 22.6. The lowest BCUT2D eigenvalue weighted by molar-refractivity contribution is -0.116. The summed E-state index contributed by atoms with van der Waals surface area (Å²) in [5.41, 5.74) is 4.57. The molecule has 4 rings (SSSR count). The van der Waals surface area contributed by atoms with E-state index in [-0.39, 0.29) is 5.91 Å². The van der Waals surface area contributed by atoms with Gasteiger partial charge in [-0.15, -0.1) is 0 Å². The molecule has 1 N–H and O–H groups in total. The van der Waals surface area contributed by atoms with Gasteiger partial charge in [-0.1, -0.05) is 68.4 Å². The van der Waals surface area contributed by atoms with Crippen molar-refractivity contribution in [2.45, 2.75) is 58.4 Å². The third-order valence-electron chi connectivity index (χ3n) is 6.94. The number of nitrogens with zero attached hydrogens (tertiary/aromatic N) is 2. The molecule has 4 aromatic rings. The van der Waals surface area contributed by atoms with Crippen molar-refractivity contribution in [3.63, 3.8) is 0 Å². The van der Waals surface area contributed by atoms with E-state index < -0.39 is 0 Å². The van der Waals surface area contributed by atoms with Crippen LogP contribution in [0.1, 0.15) is 62.4 Å². The minimum absolute atomic E-state index is 0.0723. The highest BCUT2D eigenvalue weighted by molar-refractivity contribution is 5.91. The summed E-state index contributed by atoms with van der Waals surface area (Å²) in [5, 5.41) is 2.99. The Hall–Kier alpha value is -3.86. The molecule has 1 atom stereocenters. The first-order chi connectivity index (χ1) is 18.6. The first kappa shape index (κ1) is 27.2. The lowest BCUT2D eigenvalue weighted by Crippen LogP contribution is -2.22. The molecule has 1 unspecified atom stereocenters. The summed E-state index contributed by atoms with van der Waals surface area (Å²) in [7, 11) is 0. The Morgan fingerprint density at radius 1 is 0.974 bits per heavy atom. The topological polar surface area (TPSA) is 56.1 Å².